The van der Waals surface area contributed by atoms with E-state index in [2.05, 4.69) is 69.3 Å². The fraction of sp³-hybridized carbons (Fsp3) is 0.484. The molecule has 38 heavy (non-hydrogen) atoms. The lowest BCUT2D eigenvalue weighted by atomic mass is 10.2. The van der Waals surface area contributed by atoms with Crippen LogP contribution in [0, 0.1) is 5.92 Å². The highest BCUT2D eigenvalue weighted by Gasteiger charge is 2.66. The van der Waals surface area contributed by atoms with Crippen molar-refractivity contribution in [2.45, 2.75) is 76.6 Å². The quantitative estimate of drug-likeness (QED) is 0.282. The summed E-state index contributed by atoms with van der Waals surface area (Å²) in [6.45, 7) is 12.7. The minimum Gasteiger partial charge on any atom is -0.466 e. The normalized spacial score (nSPS) is 23.3. The van der Waals surface area contributed by atoms with Gasteiger partial charge in [0, 0.05) is 6.08 Å². The van der Waals surface area contributed by atoms with E-state index in [0.29, 0.717) is 6.61 Å². The van der Waals surface area contributed by atoms with Gasteiger partial charge in [-0.2, -0.15) is 0 Å². The first kappa shape index (κ1) is 28.1. The van der Waals surface area contributed by atoms with E-state index in [4.69, 9.17) is 13.9 Å². The van der Waals surface area contributed by atoms with Gasteiger partial charge in [-0.3, -0.25) is 4.90 Å². The third kappa shape index (κ3) is 5.31. The number of carbonyl (C=O) groups is 2. The standard InChI is InChI=1S/C31H41NO5Si/c1-29(2,3)37-28(34)32-24(20-23-21-31(23,32)19-18-27(33)35-7)22-36-38(30(4,5)6,25-14-10-8-11-15-25)26-16-12-9-13-17-26/h8-19,23-24H,20-22H2,1-7H3/b19-18-/t23-,24-,31+/m1/s1. The van der Waals surface area contributed by atoms with Gasteiger partial charge in [0.05, 0.1) is 25.3 Å². The van der Waals surface area contributed by atoms with Crippen LogP contribution in [0.4, 0.5) is 4.79 Å². The van der Waals surface area contributed by atoms with Gasteiger partial charge >= 0.3 is 12.1 Å². The number of esters is 1. The predicted molar refractivity (Wildman–Crippen MR) is 152 cm³/mol. The summed E-state index contributed by atoms with van der Waals surface area (Å²) in [5.41, 5.74) is -1.18. The number of fused-ring (bicyclic) bond motifs is 1. The summed E-state index contributed by atoms with van der Waals surface area (Å²) in [4.78, 5) is 27.4. The molecule has 2 aromatic rings. The molecule has 2 aromatic carbocycles. The molecule has 0 unspecified atom stereocenters. The molecule has 2 fully saturated rings. The van der Waals surface area contributed by atoms with E-state index in [-0.39, 0.29) is 23.1 Å². The first-order valence-electron chi connectivity index (χ1n) is 13.4. The topological polar surface area (TPSA) is 65.1 Å². The van der Waals surface area contributed by atoms with Gasteiger partial charge in [0.1, 0.15) is 5.60 Å². The van der Waals surface area contributed by atoms with Crippen molar-refractivity contribution in [3.8, 4) is 0 Å². The van der Waals surface area contributed by atoms with Crippen molar-refractivity contribution in [3.63, 3.8) is 0 Å². The fourth-order valence-electron chi connectivity index (χ4n) is 6.01. The molecule has 1 aliphatic heterocycles. The summed E-state index contributed by atoms with van der Waals surface area (Å²) in [5.74, 6) is -0.176. The van der Waals surface area contributed by atoms with Crippen molar-refractivity contribution in [2.24, 2.45) is 5.92 Å². The van der Waals surface area contributed by atoms with Crippen molar-refractivity contribution in [1.29, 1.82) is 0 Å². The van der Waals surface area contributed by atoms with Gasteiger partial charge in [-0.1, -0.05) is 87.5 Å². The van der Waals surface area contributed by atoms with Crippen molar-refractivity contribution < 1.29 is 23.5 Å². The molecule has 0 bridgehead atoms. The number of benzene rings is 2. The highest BCUT2D eigenvalue weighted by atomic mass is 28.4. The summed E-state index contributed by atoms with van der Waals surface area (Å²) in [7, 11) is -1.42. The first-order valence-corrected chi connectivity index (χ1v) is 15.3. The largest absolute Gasteiger partial charge is 0.466 e. The number of hydrogen-bond acceptors (Lipinski definition) is 5. The Bertz CT molecular complexity index is 1130. The summed E-state index contributed by atoms with van der Waals surface area (Å²) >= 11 is 0. The van der Waals surface area contributed by atoms with E-state index in [1.165, 1.54) is 23.6 Å². The molecule has 1 saturated carbocycles. The van der Waals surface area contributed by atoms with Crippen molar-refractivity contribution in [2.75, 3.05) is 13.7 Å². The number of likely N-dealkylation sites (tertiary alicyclic amines) is 1. The van der Waals surface area contributed by atoms with Crippen LogP contribution in [-0.2, 0) is 18.7 Å². The van der Waals surface area contributed by atoms with Crippen molar-refractivity contribution in [1.82, 2.24) is 4.90 Å². The molecule has 0 radical (unpaired) electrons. The predicted octanol–water partition coefficient (Wildman–Crippen LogP) is 5.06. The fourth-order valence-corrected chi connectivity index (χ4v) is 10.6. The lowest BCUT2D eigenvalue weighted by Gasteiger charge is -2.44. The molecular weight excluding hydrogens is 494 g/mol. The molecule has 4 rings (SSSR count). The molecule has 204 valence electrons. The maximum atomic E-state index is 13.6. The molecule has 1 heterocycles. The van der Waals surface area contributed by atoms with Gasteiger partial charge in [-0.05, 0) is 54.9 Å². The Balaban J connectivity index is 1.72. The Morgan fingerprint density at radius 2 is 1.53 bits per heavy atom. The van der Waals surface area contributed by atoms with Crippen LogP contribution in [0.1, 0.15) is 54.4 Å². The number of hydrogen-bond donors (Lipinski definition) is 0. The van der Waals surface area contributed by atoms with Crippen LogP contribution >= 0.6 is 0 Å². The molecule has 0 N–H and O–H groups in total. The summed E-state index contributed by atoms with van der Waals surface area (Å²) in [6, 6.07) is 20.8. The highest BCUT2D eigenvalue weighted by Crippen LogP contribution is 2.59. The smallest absolute Gasteiger partial charge is 0.411 e. The average molecular weight is 536 g/mol. The molecule has 3 atom stereocenters. The van der Waals surface area contributed by atoms with E-state index in [9.17, 15) is 9.59 Å². The molecular formula is C31H41NO5Si. The second kappa shape index (κ2) is 10.3. The summed E-state index contributed by atoms with van der Waals surface area (Å²) in [6.07, 6.45) is 4.49. The molecule has 1 amide bonds. The van der Waals surface area contributed by atoms with Gasteiger partial charge in [-0.15, -0.1) is 0 Å². The van der Waals surface area contributed by atoms with Crippen LogP contribution in [0.5, 0.6) is 0 Å². The number of rotatable bonds is 7. The Morgan fingerprint density at radius 3 is 2.00 bits per heavy atom. The van der Waals surface area contributed by atoms with Gasteiger partial charge in [-0.25, -0.2) is 9.59 Å². The minimum atomic E-state index is -2.77. The third-order valence-corrected chi connectivity index (χ3v) is 12.7. The zero-order valence-electron chi connectivity index (χ0n) is 23.7. The van der Waals surface area contributed by atoms with Crippen molar-refractivity contribution in [3.05, 3.63) is 72.8 Å². The lowest BCUT2D eigenvalue weighted by Crippen LogP contribution is -2.67. The first-order chi connectivity index (χ1) is 17.8. The molecule has 0 aromatic heterocycles. The van der Waals surface area contributed by atoms with E-state index in [1.807, 2.05) is 43.9 Å². The van der Waals surface area contributed by atoms with Crippen LogP contribution in [0.15, 0.2) is 72.8 Å². The second-order valence-electron chi connectivity index (χ2n) is 12.5. The SMILES string of the molecule is COC(=O)/C=C\[C@]12C[C@H]1C[C@H](CO[Si](c1ccccc1)(c1ccccc1)C(C)(C)C)N2C(=O)OC(C)(C)C. The molecule has 1 saturated heterocycles. The zero-order chi connectivity index (χ0) is 27.8. The van der Waals surface area contributed by atoms with Crippen LogP contribution in [-0.4, -0.2) is 56.2 Å². The Hall–Kier alpha value is -2.90. The van der Waals surface area contributed by atoms with Gasteiger partial charge in [0.15, 0.2) is 0 Å². The maximum Gasteiger partial charge on any atom is 0.411 e. The minimum absolute atomic E-state index is 0.170. The summed E-state index contributed by atoms with van der Waals surface area (Å²) in [5, 5.41) is 2.23. The van der Waals surface area contributed by atoms with Crippen LogP contribution in [0.2, 0.25) is 5.04 Å². The number of carbonyl (C=O) groups excluding carboxylic acids is 2. The molecule has 2 aliphatic rings. The Morgan fingerprint density at radius 1 is 0.974 bits per heavy atom. The summed E-state index contributed by atoms with van der Waals surface area (Å²) < 4.78 is 17.9. The van der Waals surface area contributed by atoms with Crippen LogP contribution in [0.25, 0.3) is 0 Å². The van der Waals surface area contributed by atoms with Crippen LogP contribution in [0.3, 0.4) is 0 Å². The molecule has 0 spiro atoms. The van der Waals surface area contributed by atoms with E-state index >= 15 is 0 Å². The van der Waals surface area contributed by atoms with Gasteiger partial charge < -0.3 is 13.9 Å². The number of methoxy groups -OCH3 is 1. The number of ether oxygens (including phenoxy) is 2. The second-order valence-corrected chi connectivity index (χ2v) is 16.8. The zero-order valence-corrected chi connectivity index (χ0v) is 24.7. The monoisotopic (exact) mass is 535 g/mol. The molecule has 7 heteroatoms. The van der Waals surface area contributed by atoms with E-state index in [1.54, 1.807) is 0 Å². The number of amides is 1. The number of piperidine rings is 1. The van der Waals surface area contributed by atoms with E-state index in [0.717, 1.165) is 12.8 Å². The maximum absolute atomic E-state index is 13.6. The third-order valence-electron chi connectivity index (χ3n) is 7.70. The Labute approximate surface area is 228 Å². The molecule has 1 aliphatic carbocycles. The van der Waals surface area contributed by atoms with Gasteiger partial charge in [0.2, 0.25) is 0 Å². The Kier molecular flexibility index (Phi) is 7.65. The van der Waals surface area contributed by atoms with E-state index < -0.39 is 25.4 Å². The number of nitrogens with zero attached hydrogens (tertiary/aromatic N) is 1. The molecule has 6 nitrogen and oxygen atoms in total. The average Bonchev–Trinajstić information content (AvgIpc) is 3.45. The van der Waals surface area contributed by atoms with Crippen molar-refractivity contribution >= 4 is 30.8 Å². The highest BCUT2D eigenvalue weighted by molar-refractivity contribution is 6.99. The van der Waals surface area contributed by atoms with Crippen LogP contribution < -0.4 is 10.4 Å². The van der Waals surface area contributed by atoms with Gasteiger partial charge in [0.25, 0.3) is 8.32 Å². The lowest BCUT2D eigenvalue weighted by molar-refractivity contribution is -0.134.